The molecule has 3 N–H and O–H groups in total. The zero-order valence-electron chi connectivity index (χ0n) is 22.6. The second kappa shape index (κ2) is 13.4. The van der Waals surface area contributed by atoms with E-state index in [1.807, 2.05) is 0 Å². The lowest BCUT2D eigenvalue weighted by Crippen LogP contribution is -2.37. The van der Waals surface area contributed by atoms with Crippen molar-refractivity contribution < 1.29 is 37.3 Å². The molecule has 0 fully saturated rings. The van der Waals surface area contributed by atoms with Crippen LogP contribution < -0.4 is 10.0 Å². The summed E-state index contributed by atoms with van der Waals surface area (Å²) >= 11 is 6.09. The fraction of sp³-hybridized carbons (Fsp3) is 0.129. The van der Waals surface area contributed by atoms with Gasteiger partial charge in [0, 0.05) is 27.1 Å². The van der Waals surface area contributed by atoms with Crippen molar-refractivity contribution >= 4 is 23.4 Å². The molecule has 12 heteroatoms. The number of anilines is 1. The van der Waals surface area contributed by atoms with Crippen LogP contribution in [0.3, 0.4) is 0 Å². The fourth-order valence-electron chi connectivity index (χ4n) is 4.66. The highest BCUT2D eigenvalue weighted by atomic mass is 35.5. The van der Waals surface area contributed by atoms with Crippen molar-refractivity contribution in [3.63, 3.8) is 0 Å². The highest BCUT2D eigenvalue weighted by Gasteiger charge is 2.29. The topological polar surface area (TPSA) is 91.1 Å². The Labute approximate surface area is 248 Å². The number of methoxy groups -OCH3 is 1. The van der Waals surface area contributed by atoms with E-state index in [4.69, 9.17) is 11.6 Å². The molecule has 0 aliphatic rings. The van der Waals surface area contributed by atoms with E-state index in [1.54, 1.807) is 54.7 Å². The molecule has 0 bridgehead atoms. The third-order valence-corrected chi connectivity index (χ3v) is 7.02. The maximum atomic E-state index is 13.7. The van der Waals surface area contributed by atoms with Gasteiger partial charge in [-0.2, -0.15) is 0 Å². The number of halogens is 5. The van der Waals surface area contributed by atoms with E-state index in [2.05, 4.69) is 20.0 Å². The Balaban J connectivity index is 0.00000423. The summed E-state index contributed by atoms with van der Waals surface area (Å²) in [7, 11) is 1.28. The number of carbonyl (C=O) groups excluding carboxylic acids is 1. The molecule has 0 spiro atoms. The second-order valence-corrected chi connectivity index (χ2v) is 9.92. The van der Waals surface area contributed by atoms with Crippen molar-refractivity contribution in [2.45, 2.75) is 18.8 Å². The molecule has 2 heterocycles. The number of hydrogen-bond acceptors (Lipinski definition) is 4. The summed E-state index contributed by atoms with van der Waals surface area (Å²) in [5, 5.41) is 14.0. The number of hydrogen-bond donors (Lipinski definition) is 3. The van der Waals surface area contributed by atoms with Crippen molar-refractivity contribution in [1.82, 2.24) is 9.97 Å². The molecule has 5 aromatic rings. The maximum Gasteiger partial charge on any atom is 0.411 e. The van der Waals surface area contributed by atoms with Crippen LogP contribution in [-0.2, 0) is 11.2 Å². The van der Waals surface area contributed by atoms with Gasteiger partial charge in [0.25, 0.3) is 6.43 Å². The number of pyridine rings is 1. The van der Waals surface area contributed by atoms with Crippen LogP contribution >= 0.6 is 11.6 Å². The molecule has 0 saturated carbocycles. The van der Waals surface area contributed by atoms with Crippen LogP contribution in [0.1, 0.15) is 35.0 Å². The smallest absolute Gasteiger partial charge is 0.411 e. The first-order valence-corrected chi connectivity index (χ1v) is 13.2. The van der Waals surface area contributed by atoms with Gasteiger partial charge in [-0.3, -0.25) is 15.2 Å². The molecule has 0 radical (unpaired) electrons. The quantitative estimate of drug-likeness (QED) is 0.0950. The Bertz CT molecular complexity index is 1710. The van der Waals surface area contributed by atoms with E-state index in [9.17, 15) is 23.2 Å². The molecule has 0 aliphatic heterocycles. The third-order valence-electron chi connectivity index (χ3n) is 6.78. The monoisotopic (exact) mass is 613 g/mol. The molecular formula is C31H26ClF4N4O3+. The Hall–Kier alpha value is -4.90. The summed E-state index contributed by atoms with van der Waals surface area (Å²) in [5.74, 6) is -0.395. The van der Waals surface area contributed by atoms with Crippen molar-refractivity contribution in [2.75, 3.05) is 12.4 Å². The summed E-state index contributed by atoms with van der Waals surface area (Å²) in [6.07, 6.45) is 0.0179. The molecule has 222 valence electrons. The number of aromatic nitrogens is 3. The van der Waals surface area contributed by atoms with Crippen LogP contribution in [-0.4, -0.2) is 28.4 Å². The van der Waals surface area contributed by atoms with Gasteiger partial charge in [0.05, 0.1) is 24.6 Å². The molecule has 1 amide bonds. The SMILES string of the molecule is COC(=O)Nc1ccc(-c2cnc(C(Cc3ccc(F)cc3)c3ccc(-c4cc(Cl)ccc4C(F)F)c[n+]3O)[nH]2)cc1.F. The maximum absolute atomic E-state index is 13.7. The van der Waals surface area contributed by atoms with Crippen LogP contribution in [0.2, 0.25) is 5.02 Å². The number of ether oxygens (including phenoxy) is 1. The van der Waals surface area contributed by atoms with Gasteiger partial charge in [0.1, 0.15) is 17.6 Å². The van der Waals surface area contributed by atoms with Gasteiger partial charge in [-0.15, -0.1) is 0 Å². The van der Waals surface area contributed by atoms with Gasteiger partial charge in [-0.05, 0) is 65.6 Å². The van der Waals surface area contributed by atoms with E-state index in [1.165, 1.54) is 43.6 Å². The molecule has 43 heavy (non-hydrogen) atoms. The number of amides is 1. The summed E-state index contributed by atoms with van der Waals surface area (Å²) in [4.78, 5) is 19.4. The number of rotatable bonds is 8. The predicted octanol–water partition coefficient (Wildman–Crippen LogP) is 7.70. The lowest BCUT2D eigenvalue weighted by atomic mass is 9.93. The molecule has 1 unspecified atom stereocenters. The van der Waals surface area contributed by atoms with E-state index < -0.39 is 18.4 Å². The molecule has 0 aliphatic carbocycles. The zero-order valence-corrected chi connectivity index (χ0v) is 23.4. The normalized spacial score (nSPS) is 11.6. The van der Waals surface area contributed by atoms with E-state index in [0.717, 1.165) is 15.9 Å². The van der Waals surface area contributed by atoms with E-state index >= 15 is 0 Å². The minimum Gasteiger partial charge on any atom is -0.453 e. The van der Waals surface area contributed by atoms with E-state index in [0.29, 0.717) is 34.9 Å². The van der Waals surface area contributed by atoms with Crippen molar-refractivity contribution in [3.05, 3.63) is 125 Å². The fourth-order valence-corrected chi connectivity index (χ4v) is 4.84. The second-order valence-electron chi connectivity index (χ2n) is 9.48. The minimum absolute atomic E-state index is 0. The molecule has 1 atom stereocenters. The van der Waals surface area contributed by atoms with Crippen molar-refractivity contribution in [1.29, 1.82) is 0 Å². The average Bonchev–Trinajstić information content (AvgIpc) is 3.47. The molecule has 3 aromatic carbocycles. The first kappa shape index (κ1) is 31.0. The first-order chi connectivity index (χ1) is 20.2. The number of carbonyl (C=O) groups is 1. The highest BCUT2D eigenvalue weighted by Crippen LogP contribution is 2.34. The number of nitrogens with one attached hydrogen (secondary N) is 2. The molecule has 0 saturated heterocycles. The number of alkyl halides is 2. The Morgan fingerprint density at radius 3 is 2.40 bits per heavy atom. The van der Waals surface area contributed by atoms with Crippen LogP contribution in [0.5, 0.6) is 0 Å². The van der Waals surface area contributed by atoms with E-state index in [-0.39, 0.29) is 26.7 Å². The molecule has 7 nitrogen and oxygen atoms in total. The van der Waals surface area contributed by atoms with Gasteiger partial charge in [0.2, 0.25) is 11.9 Å². The Morgan fingerprint density at radius 1 is 1.05 bits per heavy atom. The Morgan fingerprint density at radius 2 is 1.74 bits per heavy atom. The standard InChI is InChI=1S/C31H24ClF3N4O3.FH/c1-42-31(40)37-23-10-4-19(5-11-23)27-16-36-30(38-27)26(14-18-2-8-22(33)9-3-18)28-13-6-20(17-39(28)41)25-15-21(32)7-12-24(25)29(34)35;/h2-13,15-17,26,29H,14H2,1H3,(H2-,36,37,38,40,41);1H/p+1. The minimum atomic E-state index is -2.73. The largest absolute Gasteiger partial charge is 0.453 e. The lowest BCUT2D eigenvalue weighted by Gasteiger charge is -2.13. The van der Waals surface area contributed by atoms with Crippen LogP contribution in [0.15, 0.2) is 91.3 Å². The molecule has 5 rings (SSSR count). The van der Waals surface area contributed by atoms with Crippen LogP contribution in [0.4, 0.5) is 28.4 Å². The van der Waals surface area contributed by atoms with Gasteiger partial charge >= 0.3 is 6.09 Å². The number of aromatic amines is 1. The molecule has 2 aromatic heterocycles. The predicted molar refractivity (Wildman–Crippen MR) is 154 cm³/mol. The van der Waals surface area contributed by atoms with Crippen molar-refractivity contribution in [2.24, 2.45) is 0 Å². The van der Waals surface area contributed by atoms with Crippen LogP contribution in [0, 0.1) is 5.82 Å². The van der Waals surface area contributed by atoms with Crippen molar-refractivity contribution in [3.8, 4) is 22.4 Å². The third kappa shape index (κ3) is 7.12. The summed E-state index contributed by atoms with van der Waals surface area (Å²) in [6.45, 7) is 0. The van der Waals surface area contributed by atoms with Gasteiger partial charge in [-0.25, -0.2) is 22.9 Å². The Kier molecular flexibility index (Phi) is 9.66. The molecular weight excluding hydrogens is 588 g/mol. The zero-order chi connectivity index (χ0) is 29.8. The summed E-state index contributed by atoms with van der Waals surface area (Å²) in [5.41, 5.74) is 3.57. The average molecular weight is 614 g/mol. The van der Waals surface area contributed by atoms with Gasteiger partial charge in [-0.1, -0.05) is 41.9 Å². The number of benzene rings is 3. The summed E-state index contributed by atoms with van der Waals surface area (Å²) in [6, 6.07) is 20.4. The first-order valence-electron chi connectivity index (χ1n) is 12.8. The summed E-state index contributed by atoms with van der Waals surface area (Å²) < 4.78 is 46.5. The number of H-pyrrole nitrogens is 1. The lowest BCUT2D eigenvalue weighted by molar-refractivity contribution is -0.909. The van der Waals surface area contributed by atoms with Gasteiger partial charge in [0.15, 0.2) is 0 Å². The highest BCUT2D eigenvalue weighted by molar-refractivity contribution is 6.30. The van der Waals surface area contributed by atoms with Crippen LogP contribution in [0.25, 0.3) is 22.4 Å². The number of nitrogens with zero attached hydrogens (tertiary/aromatic N) is 2. The number of imidazole rings is 1. The van der Waals surface area contributed by atoms with Gasteiger partial charge < -0.3 is 9.72 Å².